The van der Waals surface area contributed by atoms with E-state index in [4.69, 9.17) is 0 Å². The van der Waals surface area contributed by atoms with Gasteiger partial charge in [0.15, 0.2) is 6.17 Å². The molecule has 0 aliphatic carbocycles. The van der Waals surface area contributed by atoms with Gasteiger partial charge in [-0.1, -0.05) is 36.4 Å². The average Bonchev–Trinajstić information content (AvgIpc) is 3.24. The van der Waals surface area contributed by atoms with Gasteiger partial charge in [0.05, 0.1) is 28.9 Å². The standard InChI is InChI=1S/C25H22N6O/c1-15-7-6-8-17-11-20(31(25(32)21(15)17)19-9-4-3-5-10-19)16(2)30-24-22-18(12-26)13-27-23(22)28-14-29-24/h3-11,13-14,16,23,27,30H,1-2H3,(H,28,29)/t16-,23?/m0/s1. The van der Waals surface area contributed by atoms with Crippen molar-refractivity contribution in [1.82, 2.24) is 20.5 Å². The fourth-order valence-electron chi connectivity index (χ4n) is 4.33. The summed E-state index contributed by atoms with van der Waals surface area (Å²) in [5.41, 5.74) is 3.82. The molecule has 0 spiro atoms. The Balaban J connectivity index is 1.66. The molecule has 0 saturated heterocycles. The Morgan fingerprint density at radius 2 is 2.00 bits per heavy atom. The van der Waals surface area contributed by atoms with Gasteiger partial charge in [-0.3, -0.25) is 9.36 Å². The lowest BCUT2D eigenvalue weighted by atomic mass is 10.0. The Kier molecular flexibility index (Phi) is 4.75. The topological polar surface area (TPSA) is 94.2 Å². The van der Waals surface area contributed by atoms with Gasteiger partial charge in [0, 0.05) is 17.6 Å². The van der Waals surface area contributed by atoms with Crippen molar-refractivity contribution in [2.24, 2.45) is 4.99 Å². The van der Waals surface area contributed by atoms with Crippen LogP contribution in [0.1, 0.15) is 24.2 Å². The zero-order valence-electron chi connectivity index (χ0n) is 17.8. The van der Waals surface area contributed by atoms with Gasteiger partial charge in [-0.2, -0.15) is 5.26 Å². The number of aryl methyl sites for hydroxylation is 1. The first-order chi connectivity index (χ1) is 15.6. The average molecular weight is 422 g/mol. The fourth-order valence-corrected chi connectivity index (χ4v) is 4.33. The van der Waals surface area contributed by atoms with Crippen LogP contribution in [0.15, 0.2) is 87.6 Å². The van der Waals surface area contributed by atoms with Crippen LogP contribution in [0.3, 0.4) is 0 Å². The van der Waals surface area contributed by atoms with Gasteiger partial charge in [-0.05, 0) is 43.0 Å². The molecule has 7 nitrogen and oxygen atoms in total. The molecule has 2 atom stereocenters. The first kappa shape index (κ1) is 19.6. The highest BCUT2D eigenvalue weighted by Crippen LogP contribution is 2.27. The largest absolute Gasteiger partial charge is 0.365 e. The molecule has 32 heavy (non-hydrogen) atoms. The molecule has 3 aromatic rings. The Morgan fingerprint density at radius 1 is 1.19 bits per heavy atom. The van der Waals surface area contributed by atoms with Gasteiger partial charge in [0.1, 0.15) is 11.9 Å². The van der Waals surface area contributed by atoms with Gasteiger partial charge in [-0.15, -0.1) is 0 Å². The molecule has 0 fully saturated rings. The lowest BCUT2D eigenvalue weighted by Crippen LogP contribution is -2.38. The second-order valence-electron chi connectivity index (χ2n) is 7.90. The highest BCUT2D eigenvalue weighted by Gasteiger charge is 2.29. The van der Waals surface area contributed by atoms with Crippen LogP contribution in [0.2, 0.25) is 0 Å². The maximum Gasteiger partial charge on any atom is 0.263 e. The van der Waals surface area contributed by atoms with E-state index in [1.54, 1.807) is 17.1 Å². The summed E-state index contributed by atoms with van der Waals surface area (Å²) in [6.45, 7) is 3.96. The van der Waals surface area contributed by atoms with Crippen molar-refractivity contribution in [3.63, 3.8) is 0 Å². The summed E-state index contributed by atoms with van der Waals surface area (Å²) in [4.78, 5) is 18.0. The number of aliphatic imine (C=N–C) groups is 1. The minimum absolute atomic E-state index is 0.0516. The fraction of sp³-hybridized carbons (Fsp3) is 0.160. The lowest BCUT2D eigenvalue weighted by molar-refractivity contribution is 0.579. The number of nitriles is 1. The third-order valence-corrected chi connectivity index (χ3v) is 5.87. The molecule has 2 aliphatic rings. The molecular formula is C25H22N6O. The number of rotatable bonds is 4. The number of hydrogen-bond acceptors (Lipinski definition) is 6. The summed E-state index contributed by atoms with van der Waals surface area (Å²) in [5, 5.41) is 20.8. The van der Waals surface area contributed by atoms with E-state index in [9.17, 15) is 10.1 Å². The smallest absolute Gasteiger partial charge is 0.263 e. The van der Waals surface area contributed by atoms with E-state index in [0.717, 1.165) is 27.9 Å². The predicted octanol–water partition coefficient (Wildman–Crippen LogP) is 3.13. The summed E-state index contributed by atoms with van der Waals surface area (Å²) in [7, 11) is 0. The number of fused-ring (bicyclic) bond motifs is 2. The monoisotopic (exact) mass is 422 g/mol. The van der Waals surface area contributed by atoms with E-state index in [2.05, 4.69) is 33.1 Å². The van der Waals surface area contributed by atoms with Crippen molar-refractivity contribution in [1.29, 1.82) is 5.26 Å². The van der Waals surface area contributed by atoms with Crippen LogP contribution in [-0.4, -0.2) is 17.1 Å². The number of nitrogens with zero attached hydrogens (tertiary/aromatic N) is 3. The molecule has 0 radical (unpaired) electrons. The zero-order chi connectivity index (χ0) is 22.2. The number of aromatic nitrogens is 1. The van der Waals surface area contributed by atoms with E-state index < -0.39 is 0 Å². The van der Waals surface area contributed by atoms with Crippen molar-refractivity contribution in [2.75, 3.05) is 0 Å². The summed E-state index contributed by atoms with van der Waals surface area (Å²) < 4.78 is 1.76. The molecule has 1 aromatic heterocycles. The van der Waals surface area contributed by atoms with Crippen LogP contribution in [0.5, 0.6) is 0 Å². The molecule has 0 amide bonds. The third-order valence-electron chi connectivity index (χ3n) is 5.87. The molecule has 3 N–H and O–H groups in total. The molecule has 158 valence electrons. The number of pyridine rings is 1. The zero-order valence-corrected chi connectivity index (χ0v) is 17.8. The van der Waals surface area contributed by atoms with Crippen molar-refractivity contribution in [3.8, 4) is 11.8 Å². The molecule has 1 unspecified atom stereocenters. The van der Waals surface area contributed by atoms with Gasteiger partial charge in [-0.25, -0.2) is 4.99 Å². The highest BCUT2D eigenvalue weighted by atomic mass is 16.1. The molecule has 7 heteroatoms. The van der Waals surface area contributed by atoms with E-state index in [0.29, 0.717) is 16.8 Å². The molecule has 2 aliphatic heterocycles. The van der Waals surface area contributed by atoms with Crippen LogP contribution in [0, 0.1) is 18.3 Å². The van der Waals surface area contributed by atoms with E-state index in [1.807, 2.05) is 62.4 Å². The van der Waals surface area contributed by atoms with Crippen LogP contribution in [0.4, 0.5) is 0 Å². The van der Waals surface area contributed by atoms with Crippen molar-refractivity contribution < 1.29 is 0 Å². The van der Waals surface area contributed by atoms with Crippen LogP contribution in [0.25, 0.3) is 16.5 Å². The molecule has 3 heterocycles. The second kappa shape index (κ2) is 7.75. The number of hydrogen-bond donors (Lipinski definition) is 3. The Morgan fingerprint density at radius 3 is 2.78 bits per heavy atom. The summed E-state index contributed by atoms with van der Waals surface area (Å²) in [6, 6.07) is 19.6. The van der Waals surface area contributed by atoms with E-state index in [-0.39, 0.29) is 17.8 Å². The van der Waals surface area contributed by atoms with E-state index in [1.165, 1.54) is 0 Å². The van der Waals surface area contributed by atoms with Crippen molar-refractivity contribution >= 4 is 17.1 Å². The molecular weight excluding hydrogens is 400 g/mol. The minimum Gasteiger partial charge on any atom is -0.365 e. The summed E-state index contributed by atoms with van der Waals surface area (Å²) in [5.74, 6) is 0.701. The molecule has 0 saturated carbocycles. The van der Waals surface area contributed by atoms with Crippen LogP contribution in [-0.2, 0) is 0 Å². The maximum atomic E-state index is 13.7. The second-order valence-corrected chi connectivity index (χ2v) is 7.90. The van der Waals surface area contributed by atoms with Gasteiger partial charge in [0.25, 0.3) is 5.56 Å². The predicted molar refractivity (Wildman–Crippen MR) is 125 cm³/mol. The molecule has 5 rings (SSSR count). The quantitative estimate of drug-likeness (QED) is 0.601. The van der Waals surface area contributed by atoms with Gasteiger partial charge >= 0.3 is 0 Å². The Labute approximate surface area is 185 Å². The number of para-hydroxylation sites is 1. The minimum atomic E-state index is -0.295. The van der Waals surface area contributed by atoms with Crippen LogP contribution < -0.4 is 21.5 Å². The lowest BCUT2D eigenvalue weighted by Gasteiger charge is -2.26. The Bertz CT molecular complexity index is 1410. The van der Waals surface area contributed by atoms with Gasteiger partial charge in [0.2, 0.25) is 0 Å². The van der Waals surface area contributed by atoms with Crippen molar-refractivity contribution in [3.05, 3.63) is 99.4 Å². The third kappa shape index (κ3) is 3.13. The van der Waals surface area contributed by atoms with E-state index >= 15 is 0 Å². The number of benzene rings is 2. The van der Waals surface area contributed by atoms with Crippen molar-refractivity contribution in [2.45, 2.75) is 26.1 Å². The van der Waals surface area contributed by atoms with Gasteiger partial charge < -0.3 is 16.0 Å². The number of nitrogens with one attached hydrogen (secondary N) is 3. The first-order valence-corrected chi connectivity index (χ1v) is 10.4. The highest BCUT2D eigenvalue weighted by molar-refractivity contribution is 5.85. The first-order valence-electron chi connectivity index (χ1n) is 10.4. The summed E-state index contributed by atoms with van der Waals surface area (Å²) in [6.07, 6.45) is 2.99. The maximum absolute atomic E-state index is 13.7. The normalized spacial score (nSPS) is 17.8. The molecule has 0 bridgehead atoms. The summed E-state index contributed by atoms with van der Waals surface area (Å²) >= 11 is 0. The molecule has 2 aromatic carbocycles. The Hall–Kier alpha value is -4.31. The van der Waals surface area contributed by atoms with Crippen LogP contribution >= 0.6 is 0 Å². The SMILES string of the molecule is Cc1cccc2cc([C@H](C)NC3=C4C(C#N)=CNC4N=CN3)n(-c3ccccc3)c(=O)c12.